The Kier molecular flexibility index (Phi) is 9.30. The molecule has 0 radical (unpaired) electrons. The topological polar surface area (TPSA) is 83.5 Å². The second-order valence-corrected chi connectivity index (χ2v) is 7.35. The van der Waals surface area contributed by atoms with Gasteiger partial charge in [0.05, 0.1) is 24.4 Å². The van der Waals surface area contributed by atoms with E-state index in [9.17, 15) is 4.79 Å². The molecule has 29 heavy (non-hydrogen) atoms. The Bertz CT molecular complexity index is 912. The molecule has 7 heteroatoms. The van der Waals surface area contributed by atoms with E-state index in [4.69, 9.17) is 9.84 Å². The average molecular weight is 414 g/mol. The van der Waals surface area contributed by atoms with Gasteiger partial charge in [-0.2, -0.15) is 0 Å². The maximum Gasteiger partial charge on any atom is 0.211 e. The molecule has 0 aliphatic rings. The molecule has 0 bridgehead atoms. The highest BCUT2D eigenvalue weighted by molar-refractivity contribution is 7.09. The first-order valence-corrected chi connectivity index (χ1v) is 10.1. The first kappa shape index (κ1) is 22.5. The lowest BCUT2D eigenvalue weighted by atomic mass is 10.1. The van der Waals surface area contributed by atoms with E-state index in [2.05, 4.69) is 22.5 Å². The lowest BCUT2D eigenvalue weighted by Crippen LogP contribution is -2.18. The Morgan fingerprint density at radius 2 is 2.03 bits per heavy atom. The number of benzene rings is 2. The van der Waals surface area contributed by atoms with Gasteiger partial charge in [0.1, 0.15) is 5.75 Å². The first-order chi connectivity index (χ1) is 14.1. The van der Waals surface area contributed by atoms with Crippen molar-refractivity contribution in [1.82, 2.24) is 10.3 Å². The van der Waals surface area contributed by atoms with E-state index < -0.39 is 0 Å². The van der Waals surface area contributed by atoms with Crippen molar-refractivity contribution in [3.8, 4) is 17.0 Å². The number of rotatable bonds is 8. The van der Waals surface area contributed by atoms with Crippen LogP contribution in [-0.2, 0) is 11.3 Å². The number of nitrogens with zero attached hydrogens (tertiary/aromatic N) is 1. The maximum atomic E-state index is 10.3. The molecule has 3 N–H and O–H groups in total. The summed E-state index contributed by atoms with van der Waals surface area (Å²) in [6.07, 6.45) is 0.672. The number of carbonyl (C=O) groups is 1. The predicted molar refractivity (Wildman–Crippen MR) is 118 cm³/mol. The van der Waals surface area contributed by atoms with Crippen molar-refractivity contribution in [1.29, 1.82) is 0 Å². The van der Waals surface area contributed by atoms with Gasteiger partial charge in [0.2, 0.25) is 6.41 Å². The number of nitrogens with one attached hydrogen (secondary N) is 2. The minimum atomic E-state index is 0.170. The smallest absolute Gasteiger partial charge is 0.211 e. The molecule has 2 aromatic carbocycles. The number of aliphatic hydroxyl groups excluding tert-OH is 1. The van der Waals surface area contributed by atoms with Crippen molar-refractivity contribution in [2.75, 3.05) is 25.6 Å². The fourth-order valence-corrected chi connectivity index (χ4v) is 3.22. The zero-order valence-corrected chi connectivity index (χ0v) is 17.8. The standard InChI is InChI=1S/C11H10N2OS.C11H17NO2/c1-8-13-11(6-15-8)9-3-2-4-10(5-9)12-7-14;1-9-3-4-11(14-2)7-10(9)8-12-5-6-13/h2-7H,1H3,(H,12,14);3-4,7,12-13H,5-6,8H2,1-2H3. The molecular formula is C22H27N3O3S. The minimum Gasteiger partial charge on any atom is -0.497 e. The fraction of sp³-hybridized carbons (Fsp3) is 0.273. The number of aromatic nitrogens is 1. The normalized spacial score (nSPS) is 10.1. The minimum absolute atomic E-state index is 0.170. The number of methoxy groups -OCH3 is 1. The molecule has 3 rings (SSSR count). The van der Waals surface area contributed by atoms with Gasteiger partial charge in [-0.15, -0.1) is 11.3 Å². The van der Waals surface area contributed by atoms with Gasteiger partial charge >= 0.3 is 0 Å². The highest BCUT2D eigenvalue weighted by atomic mass is 32.1. The van der Waals surface area contributed by atoms with Crippen molar-refractivity contribution in [3.63, 3.8) is 0 Å². The number of aliphatic hydroxyl groups is 1. The van der Waals surface area contributed by atoms with Gasteiger partial charge < -0.3 is 20.5 Å². The van der Waals surface area contributed by atoms with Gasteiger partial charge in [0, 0.05) is 29.7 Å². The molecule has 1 aromatic heterocycles. The zero-order chi connectivity index (χ0) is 21.1. The van der Waals surface area contributed by atoms with E-state index in [-0.39, 0.29) is 6.61 Å². The van der Waals surface area contributed by atoms with Crippen molar-refractivity contribution < 1.29 is 14.6 Å². The summed E-state index contributed by atoms with van der Waals surface area (Å²) in [4.78, 5) is 14.7. The highest BCUT2D eigenvalue weighted by Crippen LogP contribution is 2.23. The molecule has 0 aliphatic carbocycles. The van der Waals surface area contributed by atoms with Crippen molar-refractivity contribution in [2.45, 2.75) is 20.4 Å². The Morgan fingerprint density at radius 3 is 2.69 bits per heavy atom. The van der Waals surface area contributed by atoms with E-state index >= 15 is 0 Å². The van der Waals surface area contributed by atoms with Crippen LogP contribution in [0, 0.1) is 13.8 Å². The highest BCUT2D eigenvalue weighted by Gasteiger charge is 2.02. The van der Waals surface area contributed by atoms with Crippen LogP contribution in [0.3, 0.4) is 0 Å². The van der Waals surface area contributed by atoms with Crippen LogP contribution in [0.4, 0.5) is 5.69 Å². The van der Waals surface area contributed by atoms with Gasteiger partial charge in [-0.3, -0.25) is 4.79 Å². The molecule has 0 atom stereocenters. The van der Waals surface area contributed by atoms with Gasteiger partial charge in [-0.05, 0) is 49.2 Å². The molecule has 6 nitrogen and oxygen atoms in total. The summed E-state index contributed by atoms with van der Waals surface area (Å²) in [5, 5.41) is 17.4. The number of anilines is 1. The van der Waals surface area contributed by atoms with Crippen molar-refractivity contribution >= 4 is 23.4 Å². The third-order valence-corrected chi connectivity index (χ3v) is 4.94. The predicted octanol–water partition coefficient (Wildman–Crippen LogP) is 3.77. The van der Waals surface area contributed by atoms with Gasteiger partial charge in [0.15, 0.2) is 0 Å². The van der Waals surface area contributed by atoms with Crippen LogP contribution in [0.15, 0.2) is 47.8 Å². The summed E-state index contributed by atoms with van der Waals surface area (Å²) in [7, 11) is 1.66. The molecule has 0 aliphatic heterocycles. The van der Waals surface area contributed by atoms with E-state index in [0.29, 0.717) is 13.0 Å². The third kappa shape index (κ3) is 7.30. The van der Waals surface area contributed by atoms with Crippen LogP contribution in [0.25, 0.3) is 11.3 Å². The number of hydrogen-bond acceptors (Lipinski definition) is 6. The van der Waals surface area contributed by atoms with Gasteiger partial charge in [-0.25, -0.2) is 4.98 Å². The monoisotopic (exact) mass is 413 g/mol. The number of ether oxygens (including phenoxy) is 1. The van der Waals surface area contributed by atoms with Crippen molar-refractivity contribution in [3.05, 3.63) is 64.0 Å². The second-order valence-electron chi connectivity index (χ2n) is 6.29. The molecule has 1 heterocycles. The van der Waals surface area contributed by atoms with E-state index in [0.717, 1.165) is 34.2 Å². The molecule has 0 spiro atoms. The molecule has 0 fully saturated rings. The largest absolute Gasteiger partial charge is 0.497 e. The number of carbonyl (C=O) groups excluding carboxylic acids is 1. The molecule has 0 unspecified atom stereocenters. The quantitative estimate of drug-likeness (QED) is 0.387. The van der Waals surface area contributed by atoms with Crippen LogP contribution in [0.2, 0.25) is 0 Å². The third-order valence-electron chi connectivity index (χ3n) is 4.16. The van der Waals surface area contributed by atoms with Crippen LogP contribution in [0.5, 0.6) is 5.75 Å². The summed E-state index contributed by atoms with van der Waals surface area (Å²) in [5.41, 5.74) is 5.19. The van der Waals surface area contributed by atoms with Crippen molar-refractivity contribution in [2.24, 2.45) is 0 Å². The van der Waals surface area contributed by atoms with Crippen LogP contribution in [-0.4, -0.2) is 36.8 Å². The zero-order valence-electron chi connectivity index (χ0n) is 16.9. The lowest BCUT2D eigenvalue weighted by molar-refractivity contribution is -0.105. The SMILES string of the molecule is COc1ccc(C)c(CNCCO)c1.Cc1nc(-c2cccc(NC=O)c2)cs1. The Hall–Kier alpha value is -2.74. The van der Waals surface area contributed by atoms with Gasteiger partial charge in [0.25, 0.3) is 0 Å². The average Bonchev–Trinajstić information content (AvgIpc) is 3.17. The Balaban J connectivity index is 0.000000208. The summed E-state index contributed by atoms with van der Waals surface area (Å²) >= 11 is 1.62. The molecule has 3 aromatic rings. The van der Waals surface area contributed by atoms with E-state index in [1.165, 1.54) is 11.1 Å². The first-order valence-electron chi connectivity index (χ1n) is 9.25. The molecule has 1 amide bonds. The van der Waals surface area contributed by atoms with E-state index in [1.807, 2.05) is 54.8 Å². The maximum absolute atomic E-state index is 10.3. The molecule has 0 saturated heterocycles. The number of hydrogen-bond donors (Lipinski definition) is 3. The second kappa shape index (κ2) is 12.0. The number of amides is 1. The summed E-state index contributed by atoms with van der Waals surface area (Å²) in [6.45, 7) is 5.60. The summed E-state index contributed by atoms with van der Waals surface area (Å²) in [5.74, 6) is 0.872. The van der Waals surface area contributed by atoms with E-state index in [1.54, 1.807) is 18.4 Å². The lowest BCUT2D eigenvalue weighted by Gasteiger charge is -2.08. The van der Waals surface area contributed by atoms with Crippen LogP contribution >= 0.6 is 11.3 Å². The fourth-order valence-electron chi connectivity index (χ4n) is 2.60. The molecule has 0 saturated carbocycles. The Morgan fingerprint density at radius 1 is 1.21 bits per heavy atom. The number of aryl methyl sites for hydroxylation is 2. The van der Waals surface area contributed by atoms with Gasteiger partial charge in [-0.1, -0.05) is 18.2 Å². The summed E-state index contributed by atoms with van der Waals surface area (Å²) < 4.78 is 5.14. The Labute approximate surface area is 175 Å². The number of thiazole rings is 1. The van der Waals surface area contributed by atoms with Crippen LogP contribution in [0.1, 0.15) is 16.1 Å². The van der Waals surface area contributed by atoms with Crippen LogP contribution < -0.4 is 15.4 Å². The molecular weight excluding hydrogens is 386 g/mol. The molecule has 154 valence electrons. The summed E-state index contributed by atoms with van der Waals surface area (Å²) in [6, 6.07) is 13.6.